The van der Waals surface area contributed by atoms with E-state index < -0.39 is 29.5 Å². The minimum Gasteiger partial charge on any atom is -0.370 e. The van der Waals surface area contributed by atoms with Crippen LogP contribution >= 0.6 is 22.6 Å². The van der Waals surface area contributed by atoms with E-state index in [-0.39, 0.29) is 9.26 Å². The maximum Gasteiger partial charge on any atom is 0.416 e. The van der Waals surface area contributed by atoms with E-state index >= 15 is 0 Å². The average Bonchev–Trinajstić information content (AvgIpc) is 2.21. The van der Waals surface area contributed by atoms with Crippen molar-refractivity contribution < 1.29 is 17.6 Å². The highest BCUT2D eigenvalue weighted by molar-refractivity contribution is 14.1. The van der Waals surface area contributed by atoms with Gasteiger partial charge in [0.2, 0.25) is 5.96 Å². The number of hydrogen-bond acceptors (Lipinski definition) is 1. The normalized spacial score (nSPS) is 12.4. The summed E-state index contributed by atoms with van der Waals surface area (Å²) in [6, 6.07) is 1.03. The number of halogens is 5. The SMILES string of the molecule is NC(N)=NC(N)=Nc1cc(C(F)(F)F)cc(F)c1I. The number of rotatable bonds is 1. The molecule has 0 atom stereocenters. The Hall–Kier alpha value is -1.59. The smallest absolute Gasteiger partial charge is 0.370 e. The van der Waals surface area contributed by atoms with Crippen LogP contribution in [0.1, 0.15) is 5.56 Å². The predicted octanol–water partition coefficient (Wildman–Crippen LogP) is 1.67. The quantitative estimate of drug-likeness (QED) is 0.295. The molecule has 0 radical (unpaired) electrons. The summed E-state index contributed by atoms with van der Waals surface area (Å²) in [5.41, 5.74) is 13.8. The molecule has 0 bridgehead atoms. The molecule has 0 aliphatic carbocycles. The lowest BCUT2D eigenvalue weighted by Gasteiger charge is -2.09. The minimum atomic E-state index is -4.69. The van der Waals surface area contributed by atoms with E-state index in [1.807, 2.05) is 0 Å². The summed E-state index contributed by atoms with van der Waals surface area (Å²) in [6.07, 6.45) is -4.69. The fourth-order valence-electron chi connectivity index (χ4n) is 1.10. The Kier molecular flexibility index (Phi) is 4.55. The van der Waals surface area contributed by atoms with Crippen molar-refractivity contribution in [3.8, 4) is 0 Å². The Labute approximate surface area is 118 Å². The van der Waals surface area contributed by atoms with Crippen LogP contribution in [0.2, 0.25) is 0 Å². The predicted molar refractivity (Wildman–Crippen MR) is 71.2 cm³/mol. The molecule has 6 N–H and O–H groups in total. The van der Waals surface area contributed by atoms with Gasteiger partial charge in [-0.2, -0.15) is 18.2 Å². The van der Waals surface area contributed by atoms with Crippen LogP contribution in [0, 0.1) is 9.39 Å². The molecular formula is C9H8F4IN5. The van der Waals surface area contributed by atoms with Crippen LogP contribution in [0.25, 0.3) is 0 Å². The first-order valence-corrected chi connectivity index (χ1v) is 5.69. The Bertz CT molecular complexity index is 548. The van der Waals surface area contributed by atoms with E-state index in [1.165, 1.54) is 22.6 Å². The third-order valence-electron chi connectivity index (χ3n) is 1.81. The molecule has 0 heterocycles. The molecule has 5 nitrogen and oxygen atoms in total. The fraction of sp³-hybridized carbons (Fsp3) is 0.111. The first kappa shape index (κ1) is 15.5. The van der Waals surface area contributed by atoms with E-state index in [0.717, 1.165) is 0 Å². The van der Waals surface area contributed by atoms with Crippen molar-refractivity contribution in [2.24, 2.45) is 27.2 Å². The van der Waals surface area contributed by atoms with E-state index in [4.69, 9.17) is 17.2 Å². The molecule has 1 rings (SSSR count). The molecule has 0 saturated carbocycles. The maximum absolute atomic E-state index is 13.4. The Morgan fingerprint density at radius 1 is 1.16 bits per heavy atom. The van der Waals surface area contributed by atoms with Gasteiger partial charge in [0.1, 0.15) is 5.82 Å². The monoisotopic (exact) mass is 389 g/mol. The molecule has 1 aromatic rings. The standard InChI is InChI=1S/C9H8F4IN5/c10-4-1-3(9(11,12)13)2-5(6(4)14)18-8(17)19-7(15)16/h1-2H,(H6,15,16,17,18,19). The van der Waals surface area contributed by atoms with Gasteiger partial charge in [0.15, 0.2) is 5.96 Å². The van der Waals surface area contributed by atoms with Gasteiger partial charge in [-0.25, -0.2) is 9.38 Å². The molecule has 0 spiro atoms. The highest BCUT2D eigenvalue weighted by Crippen LogP contribution is 2.35. The Morgan fingerprint density at radius 3 is 2.21 bits per heavy atom. The highest BCUT2D eigenvalue weighted by atomic mass is 127. The summed E-state index contributed by atoms with van der Waals surface area (Å²) in [5, 5.41) is 0. The van der Waals surface area contributed by atoms with Gasteiger partial charge in [0.05, 0.1) is 14.8 Å². The molecular weight excluding hydrogens is 381 g/mol. The summed E-state index contributed by atoms with van der Waals surface area (Å²) in [6.45, 7) is 0. The second-order valence-corrected chi connectivity index (χ2v) is 4.37. The molecule has 0 unspecified atom stereocenters. The number of nitrogens with zero attached hydrogens (tertiary/aromatic N) is 2. The molecule has 0 aliphatic heterocycles. The van der Waals surface area contributed by atoms with E-state index in [9.17, 15) is 17.6 Å². The second kappa shape index (κ2) is 5.59. The van der Waals surface area contributed by atoms with Gasteiger partial charge in [0, 0.05) is 0 Å². The molecule has 104 valence electrons. The van der Waals surface area contributed by atoms with Crippen molar-refractivity contribution >= 4 is 40.2 Å². The van der Waals surface area contributed by atoms with Crippen LogP contribution in [0.3, 0.4) is 0 Å². The molecule has 0 amide bonds. The average molecular weight is 389 g/mol. The third kappa shape index (κ3) is 4.22. The number of guanidine groups is 2. The number of nitrogens with two attached hydrogens (primary N) is 3. The molecule has 1 aromatic carbocycles. The van der Waals surface area contributed by atoms with Gasteiger partial charge in [0.25, 0.3) is 0 Å². The van der Waals surface area contributed by atoms with Crippen LogP contribution < -0.4 is 17.2 Å². The zero-order valence-electron chi connectivity index (χ0n) is 9.17. The topological polar surface area (TPSA) is 103 Å². The van der Waals surface area contributed by atoms with Gasteiger partial charge >= 0.3 is 6.18 Å². The van der Waals surface area contributed by atoms with Crippen molar-refractivity contribution in [1.82, 2.24) is 0 Å². The molecule has 10 heteroatoms. The van der Waals surface area contributed by atoms with Crippen LogP contribution in [-0.2, 0) is 6.18 Å². The zero-order chi connectivity index (χ0) is 14.8. The first-order valence-electron chi connectivity index (χ1n) is 4.61. The molecule has 0 saturated heterocycles. The van der Waals surface area contributed by atoms with Crippen molar-refractivity contribution in [2.45, 2.75) is 6.18 Å². The van der Waals surface area contributed by atoms with Crippen LogP contribution in [0.15, 0.2) is 22.1 Å². The van der Waals surface area contributed by atoms with Crippen molar-refractivity contribution in [3.63, 3.8) is 0 Å². The van der Waals surface area contributed by atoms with Gasteiger partial charge in [-0.05, 0) is 34.7 Å². The highest BCUT2D eigenvalue weighted by Gasteiger charge is 2.32. The second-order valence-electron chi connectivity index (χ2n) is 3.30. The largest absolute Gasteiger partial charge is 0.416 e. The van der Waals surface area contributed by atoms with Crippen molar-refractivity contribution in [1.29, 1.82) is 0 Å². The van der Waals surface area contributed by atoms with Gasteiger partial charge in [-0.15, -0.1) is 0 Å². The lowest BCUT2D eigenvalue weighted by Crippen LogP contribution is -2.26. The number of alkyl halides is 3. The fourth-order valence-corrected chi connectivity index (χ4v) is 1.53. The summed E-state index contributed by atoms with van der Waals surface area (Å²) >= 11 is 1.50. The minimum absolute atomic E-state index is 0.126. The zero-order valence-corrected chi connectivity index (χ0v) is 11.3. The Balaban J connectivity index is 3.36. The van der Waals surface area contributed by atoms with Crippen LogP contribution in [0.5, 0.6) is 0 Å². The number of benzene rings is 1. The van der Waals surface area contributed by atoms with Gasteiger partial charge < -0.3 is 17.2 Å². The molecule has 0 fully saturated rings. The van der Waals surface area contributed by atoms with E-state index in [0.29, 0.717) is 12.1 Å². The maximum atomic E-state index is 13.4. The van der Waals surface area contributed by atoms with Gasteiger partial charge in [-0.1, -0.05) is 0 Å². The summed E-state index contributed by atoms with van der Waals surface area (Å²) in [4.78, 5) is 6.86. The number of hydrogen-bond donors (Lipinski definition) is 3. The molecule has 0 aromatic heterocycles. The lowest BCUT2D eigenvalue weighted by molar-refractivity contribution is -0.137. The summed E-state index contributed by atoms with van der Waals surface area (Å²) in [5.74, 6) is -1.95. The van der Waals surface area contributed by atoms with Crippen molar-refractivity contribution in [2.75, 3.05) is 0 Å². The summed E-state index contributed by atoms with van der Waals surface area (Å²) < 4.78 is 50.8. The Morgan fingerprint density at radius 2 is 1.74 bits per heavy atom. The first-order chi connectivity index (χ1) is 8.61. The molecule has 0 aliphatic rings. The summed E-state index contributed by atoms with van der Waals surface area (Å²) in [7, 11) is 0. The van der Waals surface area contributed by atoms with Crippen LogP contribution in [-0.4, -0.2) is 11.9 Å². The third-order valence-corrected chi connectivity index (χ3v) is 2.88. The van der Waals surface area contributed by atoms with Crippen LogP contribution in [0.4, 0.5) is 23.2 Å². The van der Waals surface area contributed by atoms with Crippen molar-refractivity contribution in [3.05, 3.63) is 27.1 Å². The molecule has 19 heavy (non-hydrogen) atoms. The van der Waals surface area contributed by atoms with Gasteiger partial charge in [-0.3, -0.25) is 0 Å². The van der Waals surface area contributed by atoms with E-state index in [1.54, 1.807) is 0 Å². The number of aliphatic imine (C=N–C) groups is 2. The van der Waals surface area contributed by atoms with E-state index in [2.05, 4.69) is 9.98 Å². The lowest BCUT2D eigenvalue weighted by atomic mass is 10.2.